The van der Waals surface area contributed by atoms with E-state index in [0.29, 0.717) is 11.6 Å². The molecule has 1 N–H and O–H groups in total. The Balaban J connectivity index is 2.10. The summed E-state index contributed by atoms with van der Waals surface area (Å²) in [4.78, 5) is 2.76. The van der Waals surface area contributed by atoms with Crippen LogP contribution < -0.4 is 5.32 Å². The number of terminal acetylenes is 1. The van der Waals surface area contributed by atoms with Gasteiger partial charge in [-0.25, -0.2) is 0 Å². The van der Waals surface area contributed by atoms with Crippen molar-refractivity contribution >= 4 is 0 Å². The first kappa shape index (κ1) is 12.9. The molecule has 1 heterocycles. The smallest absolute Gasteiger partial charge is 0.0362 e. The summed E-state index contributed by atoms with van der Waals surface area (Å²) in [5.41, 5.74) is 0.419. The average molecular weight is 234 g/mol. The molecule has 1 aliphatic heterocycles. The van der Waals surface area contributed by atoms with Gasteiger partial charge in [0.2, 0.25) is 0 Å². The van der Waals surface area contributed by atoms with E-state index in [-0.39, 0.29) is 0 Å². The van der Waals surface area contributed by atoms with E-state index in [0.717, 1.165) is 12.8 Å². The van der Waals surface area contributed by atoms with Crippen molar-refractivity contribution in [1.29, 1.82) is 0 Å². The summed E-state index contributed by atoms with van der Waals surface area (Å²) in [5, 5.41) is 3.56. The minimum absolute atomic E-state index is 0.419. The Morgan fingerprint density at radius 1 is 1.24 bits per heavy atom. The minimum Gasteiger partial charge on any atom is -0.315 e. The van der Waals surface area contributed by atoms with Crippen LogP contribution in [0.15, 0.2) is 0 Å². The molecule has 2 heteroatoms. The van der Waals surface area contributed by atoms with Crippen LogP contribution in [0.1, 0.15) is 51.4 Å². The van der Waals surface area contributed by atoms with Crippen LogP contribution in [0.5, 0.6) is 0 Å². The minimum atomic E-state index is 0.419. The Hall–Kier alpha value is -0.520. The predicted octanol–water partition coefficient (Wildman–Crippen LogP) is 2.40. The number of rotatable bonds is 5. The lowest BCUT2D eigenvalue weighted by atomic mass is 9.83. The average Bonchev–Trinajstić information content (AvgIpc) is 3.01. The van der Waals surface area contributed by atoms with Crippen molar-refractivity contribution in [3.8, 4) is 12.3 Å². The molecule has 2 fully saturated rings. The molecule has 0 amide bonds. The van der Waals surface area contributed by atoms with Gasteiger partial charge < -0.3 is 5.32 Å². The zero-order chi connectivity index (χ0) is 12.1. The van der Waals surface area contributed by atoms with Gasteiger partial charge in [0.1, 0.15) is 0 Å². The maximum absolute atomic E-state index is 5.44. The lowest BCUT2D eigenvalue weighted by Crippen LogP contribution is -2.58. The molecule has 96 valence electrons. The fourth-order valence-electron chi connectivity index (χ4n) is 3.94. The third kappa shape index (κ3) is 2.51. The molecule has 1 aliphatic carbocycles. The lowest BCUT2D eigenvalue weighted by Gasteiger charge is -2.45. The van der Waals surface area contributed by atoms with Crippen molar-refractivity contribution in [2.75, 3.05) is 20.1 Å². The third-order valence-corrected chi connectivity index (χ3v) is 4.78. The van der Waals surface area contributed by atoms with Crippen LogP contribution in [0.25, 0.3) is 0 Å². The molecule has 0 aromatic carbocycles. The molecule has 1 saturated carbocycles. The second kappa shape index (κ2) is 5.89. The number of hydrogen-bond donors (Lipinski definition) is 1. The van der Waals surface area contributed by atoms with Gasteiger partial charge in [0.25, 0.3) is 0 Å². The van der Waals surface area contributed by atoms with Gasteiger partial charge in [-0.2, -0.15) is 0 Å². The van der Waals surface area contributed by atoms with Crippen molar-refractivity contribution in [3.05, 3.63) is 0 Å². The molecule has 2 nitrogen and oxygen atoms in total. The molecule has 1 unspecified atom stereocenters. The molecule has 1 saturated heterocycles. The second-order valence-corrected chi connectivity index (χ2v) is 5.59. The largest absolute Gasteiger partial charge is 0.315 e. The SMILES string of the molecule is C#CCCC(NC)C1(N2CCCC2)CCCC1. The van der Waals surface area contributed by atoms with E-state index in [1.54, 1.807) is 0 Å². The van der Waals surface area contributed by atoms with Gasteiger partial charge in [0.05, 0.1) is 0 Å². The van der Waals surface area contributed by atoms with Crippen molar-refractivity contribution < 1.29 is 0 Å². The Morgan fingerprint density at radius 2 is 1.88 bits per heavy atom. The molecule has 2 aliphatic rings. The number of likely N-dealkylation sites (tertiary alicyclic amines) is 1. The summed E-state index contributed by atoms with van der Waals surface area (Å²) >= 11 is 0. The molecule has 2 rings (SSSR count). The maximum atomic E-state index is 5.44. The highest BCUT2D eigenvalue weighted by atomic mass is 15.2. The van der Waals surface area contributed by atoms with Gasteiger partial charge in [0.15, 0.2) is 0 Å². The van der Waals surface area contributed by atoms with Crippen molar-refractivity contribution in [1.82, 2.24) is 10.2 Å². The number of nitrogens with zero attached hydrogens (tertiary/aromatic N) is 1. The molecular weight excluding hydrogens is 208 g/mol. The molecule has 0 aromatic heterocycles. The van der Waals surface area contributed by atoms with Crippen molar-refractivity contribution in [3.63, 3.8) is 0 Å². The summed E-state index contributed by atoms with van der Waals surface area (Å²) in [6, 6.07) is 0.583. The number of nitrogens with one attached hydrogen (secondary N) is 1. The fraction of sp³-hybridized carbons (Fsp3) is 0.867. The van der Waals surface area contributed by atoms with E-state index in [4.69, 9.17) is 6.42 Å². The van der Waals surface area contributed by atoms with Gasteiger partial charge in [-0.3, -0.25) is 4.90 Å². The monoisotopic (exact) mass is 234 g/mol. The van der Waals surface area contributed by atoms with Gasteiger partial charge in [-0.15, -0.1) is 12.3 Å². The predicted molar refractivity (Wildman–Crippen MR) is 72.9 cm³/mol. The lowest BCUT2D eigenvalue weighted by molar-refractivity contribution is 0.0768. The van der Waals surface area contributed by atoms with Crippen molar-refractivity contribution in [2.24, 2.45) is 0 Å². The molecule has 1 atom stereocenters. The maximum Gasteiger partial charge on any atom is 0.0362 e. The fourth-order valence-corrected chi connectivity index (χ4v) is 3.94. The number of hydrogen-bond acceptors (Lipinski definition) is 2. The van der Waals surface area contributed by atoms with E-state index >= 15 is 0 Å². The molecule has 0 spiro atoms. The van der Waals surface area contributed by atoms with Crippen LogP contribution in [0.4, 0.5) is 0 Å². The highest BCUT2D eigenvalue weighted by molar-refractivity contribution is 5.05. The zero-order valence-electron chi connectivity index (χ0n) is 11.2. The van der Waals surface area contributed by atoms with Gasteiger partial charge in [0, 0.05) is 18.0 Å². The molecule has 17 heavy (non-hydrogen) atoms. The molecule has 0 aromatic rings. The Bertz CT molecular complexity index is 267. The van der Waals surface area contributed by atoms with Crippen LogP contribution in [0.2, 0.25) is 0 Å². The summed E-state index contributed by atoms with van der Waals surface area (Å²) < 4.78 is 0. The molecule has 0 bridgehead atoms. The first-order chi connectivity index (χ1) is 8.33. The summed E-state index contributed by atoms with van der Waals surface area (Å²) in [6.07, 6.45) is 15.7. The van der Waals surface area contributed by atoms with Crippen molar-refractivity contribution in [2.45, 2.75) is 62.9 Å². The topological polar surface area (TPSA) is 15.3 Å². The van der Waals surface area contributed by atoms with E-state index in [1.807, 2.05) is 0 Å². The van der Waals surface area contributed by atoms with Gasteiger partial charge in [-0.05, 0) is 52.2 Å². The highest BCUT2D eigenvalue weighted by Crippen LogP contribution is 2.41. The second-order valence-electron chi connectivity index (χ2n) is 5.59. The van der Waals surface area contributed by atoms with Crippen LogP contribution in [-0.2, 0) is 0 Å². The summed E-state index contributed by atoms with van der Waals surface area (Å²) in [7, 11) is 2.11. The van der Waals surface area contributed by atoms with Crippen LogP contribution in [-0.4, -0.2) is 36.6 Å². The van der Waals surface area contributed by atoms with Crippen LogP contribution in [0.3, 0.4) is 0 Å². The zero-order valence-corrected chi connectivity index (χ0v) is 11.2. The van der Waals surface area contributed by atoms with Crippen LogP contribution >= 0.6 is 0 Å². The van der Waals surface area contributed by atoms with E-state index in [9.17, 15) is 0 Å². The Kier molecular flexibility index (Phi) is 4.48. The summed E-state index contributed by atoms with van der Waals surface area (Å²) in [6.45, 7) is 2.60. The normalized spacial score (nSPS) is 25.9. The standard InChI is InChI=1S/C15H26N2/c1-3-4-9-14(16-2)15(10-5-6-11-15)17-12-7-8-13-17/h1,14,16H,4-13H2,2H3. The van der Waals surface area contributed by atoms with E-state index in [2.05, 4.69) is 23.2 Å². The van der Waals surface area contributed by atoms with E-state index < -0.39 is 0 Å². The third-order valence-electron chi connectivity index (χ3n) is 4.78. The Morgan fingerprint density at radius 3 is 2.41 bits per heavy atom. The molecule has 0 radical (unpaired) electrons. The summed E-state index contributed by atoms with van der Waals surface area (Å²) in [5.74, 6) is 2.81. The first-order valence-corrected chi connectivity index (χ1v) is 7.19. The molecular formula is C15H26N2. The first-order valence-electron chi connectivity index (χ1n) is 7.19. The van der Waals surface area contributed by atoms with Gasteiger partial charge in [-0.1, -0.05) is 12.8 Å². The highest BCUT2D eigenvalue weighted by Gasteiger charge is 2.45. The Labute approximate surface area is 106 Å². The van der Waals surface area contributed by atoms with E-state index in [1.165, 1.54) is 51.6 Å². The van der Waals surface area contributed by atoms with Crippen LogP contribution in [0, 0.1) is 12.3 Å². The number of likely N-dealkylation sites (N-methyl/N-ethyl adjacent to an activating group) is 1. The quantitative estimate of drug-likeness (QED) is 0.735. The van der Waals surface area contributed by atoms with Gasteiger partial charge >= 0.3 is 0 Å².